The van der Waals surface area contributed by atoms with Gasteiger partial charge in [0.15, 0.2) is 11.5 Å². The Morgan fingerprint density at radius 1 is 1.36 bits per heavy atom. The summed E-state index contributed by atoms with van der Waals surface area (Å²) in [7, 11) is 1.41. The third-order valence-electron chi connectivity index (χ3n) is 5.61. The Morgan fingerprint density at radius 2 is 2.20 bits per heavy atom. The molecule has 1 N–H and O–H groups in total. The number of benzene rings is 1. The van der Waals surface area contributed by atoms with Crippen LogP contribution in [0.15, 0.2) is 28.7 Å². The van der Waals surface area contributed by atoms with E-state index in [-0.39, 0.29) is 23.8 Å². The fourth-order valence-corrected chi connectivity index (χ4v) is 4.32. The van der Waals surface area contributed by atoms with Gasteiger partial charge in [-0.15, -0.1) is 0 Å². The van der Waals surface area contributed by atoms with E-state index in [0.29, 0.717) is 12.8 Å². The molecule has 1 aromatic heterocycles. The van der Waals surface area contributed by atoms with E-state index in [1.165, 1.54) is 7.11 Å². The minimum Gasteiger partial charge on any atom is -0.469 e. The maximum Gasteiger partial charge on any atom is 0.308 e. The number of rotatable bonds is 3. The number of likely N-dealkylation sites (tertiary alicyclic amines) is 1. The molecule has 4 atom stereocenters. The number of carbonyl (C=O) groups is 1. The van der Waals surface area contributed by atoms with E-state index in [1.54, 1.807) is 0 Å². The minimum atomic E-state index is -0.480. The highest BCUT2D eigenvalue weighted by Gasteiger charge is 2.42. The van der Waals surface area contributed by atoms with E-state index in [2.05, 4.69) is 9.88 Å². The van der Waals surface area contributed by atoms with Gasteiger partial charge in [0.05, 0.1) is 19.1 Å². The Balaban J connectivity index is 1.48. The first-order chi connectivity index (χ1) is 12.2. The van der Waals surface area contributed by atoms with Crippen LogP contribution in [0.1, 0.15) is 37.5 Å². The van der Waals surface area contributed by atoms with Crippen LogP contribution < -0.4 is 0 Å². The first-order valence-corrected chi connectivity index (χ1v) is 9.01. The van der Waals surface area contributed by atoms with Gasteiger partial charge in [0, 0.05) is 18.5 Å². The first-order valence-electron chi connectivity index (χ1n) is 9.01. The van der Waals surface area contributed by atoms with E-state index in [1.807, 2.05) is 24.3 Å². The zero-order valence-corrected chi connectivity index (χ0v) is 14.4. The van der Waals surface area contributed by atoms with Gasteiger partial charge in [-0.25, -0.2) is 4.98 Å². The van der Waals surface area contributed by atoms with Crippen molar-refractivity contribution < 1.29 is 19.1 Å². The number of para-hydroxylation sites is 2. The number of piperidine rings is 1. The van der Waals surface area contributed by atoms with Gasteiger partial charge in [0.1, 0.15) is 5.52 Å². The number of methoxy groups -OCH3 is 1. The van der Waals surface area contributed by atoms with Crippen LogP contribution in [-0.2, 0) is 9.53 Å². The fraction of sp³-hybridized carbons (Fsp3) is 0.579. The summed E-state index contributed by atoms with van der Waals surface area (Å²) in [5, 5.41) is 10.4. The molecular weight excluding hydrogens is 320 g/mol. The first kappa shape index (κ1) is 16.5. The van der Waals surface area contributed by atoms with Crippen molar-refractivity contribution in [3.8, 4) is 0 Å². The third-order valence-corrected chi connectivity index (χ3v) is 5.61. The molecule has 0 spiro atoms. The normalized spacial score (nSPS) is 30.6. The smallest absolute Gasteiger partial charge is 0.308 e. The van der Waals surface area contributed by atoms with Gasteiger partial charge in [-0.05, 0) is 44.4 Å². The summed E-state index contributed by atoms with van der Waals surface area (Å²) in [4.78, 5) is 18.7. The molecule has 2 heterocycles. The second-order valence-electron chi connectivity index (χ2n) is 7.18. The molecule has 0 bridgehead atoms. The number of carbonyl (C=O) groups excluding carboxylic acids is 1. The second kappa shape index (κ2) is 6.77. The molecule has 2 fully saturated rings. The van der Waals surface area contributed by atoms with E-state index in [0.717, 1.165) is 42.9 Å². The SMILES string of the molecule is COC(=O)[C@H]1C[C@@H](N2CCC[C@H](c3nc4ccccc4o3)C2)[C@@H](O)C1. The van der Waals surface area contributed by atoms with Crippen LogP contribution >= 0.6 is 0 Å². The molecule has 1 saturated heterocycles. The van der Waals surface area contributed by atoms with Crippen LogP contribution in [0.25, 0.3) is 11.1 Å². The number of aromatic nitrogens is 1. The molecule has 1 saturated carbocycles. The monoisotopic (exact) mass is 344 g/mol. The maximum absolute atomic E-state index is 11.8. The summed E-state index contributed by atoms with van der Waals surface area (Å²) in [5.41, 5.74) is 1.71. The molecule has 134 valence electrons. The molecule has 0 unspecified atom stereocenters. The summed E-state index contributed by atoms with van der Waals surface area (Å²) >= 11 is 0. The lowest BCUT2D eigenvalue weighted by atomic mass is 9.95. The van der Waals surface area contributed by atoms with Gasteiger partial charge >= 0.3 is 5.97 Å². The Hall–Kier alpha value is -1.92. The largest absolute Gasteiger partial charge is 0.469 e. The van der Waals surface area contributed by atoms with E-state index >= 15 is 0 Å². The zero-order chi connectivity index (χ0) is 17.4. The van der Waals surface area contributed by atoms with Crippen LogP contribution in [0.5, 0.6) is 0 Å². The molecule has 1 aliphatic heterocycles. The van der Waals surface area contributed by atoms with Gasteiger partial charge in [-0.3, -0.25) is 9.69 Å². The van der Waals surface area contributed by atoms with Gasteiger partial charge in [-0.2, -0.15) is 0 Å². The predicted octanol–water partition coefficient (Wildman–Crippen LogP) is 2.32. The average molecular weight is 344 g/mol. The highest BCUT2D eigenvalue weighted by molar-refractivity contribution is 5.73. The molecule has 1 aliphatic carbocycles. The van der Waals surface area contributed by atoms with Gasteiger partial charge in [0.25, 0.3) is 0 Å². The van der Waals surface area contributed by atoms with Crippen LogP contribution in [0, 0.1) is 5.92 Å². The van der Waals surface area contributed by atoms with Crippen LogP contribution in [0.2, 0.25) is 0 Å². The third kappa shape index (κ3) is 3.16. The highest BCUT2D eigenvalue weighted by Crippen LogP contribution is 2.35. The second-order valence-corrected chi connectivity index (χ2v) is 7.18. The molecular formula is C19H24N2O4. The topological polar surface area (TPSA) is 75.8 Å². The number of fused-ring (bicyclic) bond motifs is 1. The van der Waals surface area contributed by atoms with Crippen LogP contribution in [-0.4, -0.2) is 53.3 Å². The predicted molar refractivity (Wildman–Crippen MR) is 92.1 cm³/mol. The molecule has 1 aromatic carbocycles. The number of aliphatic hydroxyl groups excluding tert-OH is 1. The zero-order valence-electron chi connectivity index (χ0n) is 14.4. The lowest BCUT2D eigenvalue weighted by molar-refractivity contribution is -0.145. The Bertz CT molecular complexity index is 726. The summed E-state index contributed by atoms with van der Waals surface area (Å²) in [5.74, 6) is 0.595. The lowest BCUT2D eigenvalue weighted by Crippen LogP contribution is -2.45. The van der Waals surface area contributed by atoms with Crippen molar-refractivity contribution in [3.05, 3.63) is 30.2 Å². The van der Waals surface area contributed by atoms with Crippen LogP contribution in [0.3, 0.4) is 0 Å². The number of hydrogen-bond donors (Lipinski definition) is 1. The van der Waals surface area contributed by atoms with E-state index in [9.17, 15) is 9.90 Å². The molecule has 2 aliphatic rings. The van der Waals surface area contributed by atoms with Gasteiger partial charge in [-0.1, -0.05) is 12.1 Å². The molecule has 0 amide bonds. The van der Waals surface area contributed by atoms with Crippen molar-refractivity contribution in [2.24, 2.45) is 5.92 Å². The summed E-state index contributed by atoms with van der Waals surface area (Å²) in [6, 6.07) is 7.82. The summed E-state index contributed by atoms with van der Waals surface area (Å²) < 4.78 is 10.8. The number of esters is 1. The summed E-state index contributed by atoms with van der Waals surface area (Å²) in [6.07, 6.45) is 2.74. The Labute approximate surface area is 146 Å². The minimum absolute atomic E-state index is 0.0104. The van der Waals surface area contributed by atoms with Gasteiger partial charge in [0.2, 0.25) is 0 Å². The number of nitrogens with zero attached hydrogens (tertiary/aromatic N) is 2. The van der Waals surface area contributed by atoms with Crippen LogP contribution in [0.4, 0.5) is 0 Å². The van der Waals surface area contributed by atoms with Crippen molar-refractivity contribution in [1.29, 1.82) is 0 Å². The van der Waals surface area contributed by atoms with Gasteiger partial charge < -0.3 is 14.3 Å². The van der Waals surface area contributed by atoms with Crippen molar-refractivity contribution >= 4 is 17.1 Å². The number of ether oxygens (including phenoxy) is 1. The fourth-order valence-electron chi connectivity index (χ4n) is 4.32. The molecule has 25 heavy (non-hydrogen) atoms. The average Bonchev–Trinajstić information content (AvgIpc) is 3.24. The lowest BCUT2D eigenvalue weighted by Gasteiger charge is -2.37. The van der Waals surface area contributed by atoms with Crippen molar-refractivity contribution in [2.45, 2.75) is 43.7 Å². The number of oxazole rings is 1. The molecule has 6 heteroatoms. The van der Waals surface area contributed by atoms with Crippen molar-refractivity contribution in [3.63, 3.8) is 0 Å². The van der Waals surface area contributed by atoms with Crippen molar-refractivity contribution in [2.75, 3.05) is 20.2 Å². The highest BCUT2D eigenvalue weighted by atomic mass is 16.5. The maximum atomic E-state index is 11.8. The number of hydrogen-bond acceptors (Lipinski definition) is 6. The Morgan fingerprint density at radius 3 is 3.00 bits per heavy atom. The summed E-state index contributed by atoms with van der Waals surface area (Å²) in [6.45, 7) is 1.74. The van der Waals surface area contributed by atoms with E-state index in [4.69, 9.17) is 9.15 Å². The quantitative estimate of drug-likeness (QED) is 0.861. The standard InChI is InChI=1S/C19H24N2O4/c1-24-19(23)13-9-15(16(22)10-13)21-8-4-5-12(11-21)18-20-14-6-2-3-7-17(14)25-18/h2-3,6-7,12-13,15-16,22H,4-5,8-11H2,1H3/t12-,13-,15+,16-/m0/s1. The molecule has 6 nitrogen and oxygen atoms in total. The molecule has 2 aromatic rings. The molecule has 4 rings (SSSR count). The Kier molecular flexibility index (Phi) is 4.48. The van der Waals surface area contributed by atoms with Crippen molar-refractivity contribution in [1.82, 2.24) is 9.88 Å². The molecule has 0 radical (unpaired) electrons. The number of aliphatic hydroxyl groups is 1. The van der Waals surface area contributed by atoms with E-state index < -0.39 is 6.10 Å².